The van der Waals surface area contributed by atoms with Crippen molar-refractivity contribution in [2.24, 2.45) is 23.7 Å². The van der Waals surface area contributed by atoms with Crippen LogP contribution in [0.5, 0.6) is 0 Å². The molecular weight excluding hydrogens is 389 g/mol. The number of aliphatic imine (C=N–C) groups is 1. The third-order valence-corrected chi connectivity index (χ3v) is 5.98. The van der Waals surface area contributed by atoms with Crippen LogP contribution in [0.3, 0.4) is 0 Å². The van der Waals surface area contributed by atoms with Gasteiger partial charge >= 0.3 is 0 Å². The van der Waals surface area contributed by atoms with Gasteiger partial charge in [-0.05, 0) is 47.8 Å². The largest absolute Gasteiger partial charge is 0.360 e. The Hall–Kier alpha value is -2.84. The van der Waals surface area contributed by atoms with Gasteiger partial charge in [-0.3, -0.25) is 4.79 Å². The van der Waals surface area contributed by atoms with Gasteiger partial charge in [-0.1, -0.05) is 17.4 Å². The van der Waals surface area contributed by atoms with Crippen LogP contribution in [0.2, 0.25) is 0 Å². The molecule has 1 aliphatic heterocycles. The van der Waals surface area contributed by atoms with E-state index in [1.165, 1.54) is 10.6 Å². The van der Waals surface area contributed by atoms with Crippen LogP contribution in [0.25, 0.3) is 5.57 Å². The van der Waals surface area contributed by atoms with E-state index in [2.05, 4.69) is 21.4 Å². The molecule has 0 saturated heterocycles. The van der Waals surface area contributed by atoms with Crippen molar-refractivity contribution in [2.45, 2.75) is 18.9 Å². The number of halogens is 1. The maximum atomic E-state index is 13.4. The first-order chi connectivity index (χ1) is 14.0. The van der Waals surface area contributed by atoms with Crippen molar-refractivity contribution in [1.82, 2.24) is 9.55 Å². The summed E-state index contributed by atoms with van der Waals surface area (Å²) in [6.07, 6.45) is 12.3. The van der Waals surface area contributed by atoms with E-state index in [9.17, 15) is 9.18 Å². The minimum absolute atomic E-state index is 0.0386. The molecule has 2 aliphatic rings. The van der Waals surface area contributed by atoms with Gasteiger partial charge in [0, 0.05) is 50.2 Å². The Morgan fingerprint density at radius 3 is 3.14 bits per heavy atom. The van der Waals surface area contributed by atoms with Crippen LogP contribution < -0.4 is 16.6 Å². The molecule has 6 nitrogen and oxygen atoms in total. The number of rotatable bonds is 6. The van der Waals surface area contributed by atoms with E-state index in [0.29, 0.717) is 13.0 Å². The number of aryl methyl sites for hydroxylation is 1. The van der Waals surface area contributed by atoms with Gasteiger partial charge < -0.3 is 15.6 Å². The van der Waals surface area contributed by atoms with Crippen LogP contribution in [0.15, 0.2) is 64.1 Å². The summed E-state index contributed by atoms with van der Waals surface area (Å²) < 4.78 is 14.9. The fourth-order valence-corrected chi connectivity index (χ4v) is 4.17. The quantitative estimate of drug-likeness (QED) is 0.716. The van der Waals surface area contributed by atoms with Gasteiger partial charge in [-0.15, -0.1) is 0 Å². The molecule has 0 spiro atoms. The van der Waals surface area contributed by atoms with E-state index >= 15 is 0 Å². The summed E-state index contributed by atoms with van der Waals surface area (Å²) in [5.74, 6) is -0.303. The molecular formula is C21H22FN5OS. The Kier molecular flexibility index (Phi) is 5.55. The van der Waals surface area contributed by atoms with E-state index in [4.69, 9.17) is 5.73 Å². The fraction of sp³-hybridized carbons (Fsp3) is 0.286. The van der Waals surface area contributed by atoms with E-state index in [1.807, 2.05) is 18.3 Å². The molecule has 0 aromatic carbocycles. The monoisotopic (exact) mass is 411 g/mol. The molecule has 4 rings (SSSR count). The van der Waals surface area contributed by atoms with Crippen molar-refractivity contribution in [2.75, 3.05) is 11.9 Å². The number of allylic oxidation sites excluding steroid dienone is 5. The number of nitrogens with two attached hydrogens (primary N) is 1. The highest BCUT2D eigenvalue weighted by Crippen LogP contribution is 2.35. The lowest BCUT2D eigenvalue weighted by molar-refractivity contribution is 0.616. The minimum atomic E-state index is -0.453. The first-order valence-corrected chi connectivity index (χ1v) is 10.2. The van der Waals surface area contributed by atoms with Crippen molar-refractivity contribution >= 4 is 28.3 Å². The smallest absolute Gasteiger partial charge is 0.250 e. The standard InChI is InChI=1S/C21H22FN5OS/c1-27-5-4-13(7-20(27)28)6-17(23)11-25-21-26-12-18(29-21)14-2-3-15-10-24-19(22)9-16(15)8-14/h2,4-5,7-10,12,15,17H,3,6,11,23H2,1H3,(H,25,26)/t15?,17-/m0/s1. The number of hydrogen-bond acceptors (Lipinski definition) is 6. The van der Waals surface area contributed by atoms with E-state index in [0.717, 1.165) is 33.1 Å². The number of hydrogen-bond donors (Lipinski definition) is 2. The van der Waals surface area contributed by atoms with Gasteiger partial charge in [-0.25, -0.2) is 9.98 Å². The second-order valence-electron chi connectivity index (χ2n) is 7.25. The Balaban J connectivity index is 1.36. The highest BCUT2D eigenvalue weighted by atomic mass is 32.1. The number of pyridine rings is 1. The number of nitrogens with zero attached hydrogens (tertiary/aromatic N) is 3. The predicted octanol–water partition coefficient (Wildman–Crippen LogP) is 3.05. The van der Waals surface area contributed by atoms with Crippen LogP contribution in [-0.4, -0.2) is 28.4 Å². The van der Waals surface area contributed by atoms with Crippen LogP contribution >= 0.6 is 11.3 Å². The number of fused-ring (bicyclic) bond motifs is 1. The van der Waals surface area contributed by atoms with Crippen molar-refractivity contribution < 1.29 is 4.39 Å². The average Bonchev–Trinajstić information content (AvgIpc) is 3.18. The Morgan fingerprint density at radius 2 is 2.31 bits per heavy atom. The van der Waals surface area contributed by atoms with Crippen LogP contribution in [-0.2, 0) is 13.5 Å². The first kappa shape index (κ1) is 19.5. The molecule has 0 radical (unpaired) electrons. The lowest BCUT2D eigenvalue weighted by Crippen LogP contribution is -2.31. The summed E-state index contributed by atoms with van der Waals surface area (Å²) in [7, 11) is 1.72. The van der Waals surface area contributed by atoms with Crippen LogP contribution in [0, 0.1) is 5.92 Å². The molecule has 2 aromatic rings. The minimum Gasteiger partial charge on any atom is -0.360 e. The predicted molar refractivity (Wildman–Crippen MR) is 116 cm³/mol. The summed E-state index contributed by atoms with van der Waals surface area (Å²) in [6, 6.07) is 3.39. The van der Waals surface area contributed by atoms with Crippen molar-refractivity contribution in [1.29, 1.82) is 0 Å². The molecule has 0 amide bonds. The van der Waals surface area contributed by atoms with Crippen LogP contribution in [0.4, 0.5) is 9.52 Å². The second kappa shape index (κ2) is 8.26. The molecule has 2 aromatic heterocycles. The third-order valence-electron chi connectivity index (χ3n) is 4.98. The van der Waals surface area contributed by atoms with Gasteiger partial charge in [0.05, 0.1) is 4.88 Å². The molecule has 1 unspecified atom stereocenters. The zero-order chi connectivity index (χ0) is 20.4. The van der Waals surface area contributed by atoms with Gasteiger partial charge in [0.1, 0.15) is 0 Å². The van der Waals surface area contributed by atoms with Gasteiger partial charge in [0.15, 0.2) is 5.13 Å². The molecule has 3 heterocycles. The summed E-state index contributed by atoms with van der Waals surface area (Å²) in [4.78, 5) is 20.9. The average molecular weight is 412 g/mol. The van der Waals surface area contributed by atoms with Crippen molar-refractivity contribution in [3.63, 3.8) is 0 Å². The lowest BCUT2D eigenvalue weighted by Gasteiger charge is -2.20. The SMILES string of the molecule is Cn1ccc(C[C@H](N)CNc2ncc(C3=CCC4C=NC(F)=CC4=C3)s2)cc1=O. The molecule has 0 bridgehead atoms. The van der Waals surface area contributed by atoms with Crippen molar-refractivity contribution in [3.05, 3.63) is 75.1 Å². The Labute approximate surface area is 172 Å². The first-order valence-electron chi connectivity index (χ1n) is 9.42. The second-order valence-corrected chi connectivity index (χ2v) is 8.28. The topological polar surface area (TPSA) is 85.3 Å². The van der Waals surface area contributed by atoms with Gasteiger partial charge in [0.2, 0.25) is 5.95 Å². The van der Waals surface area contributed by atoms with Crippen LogP contribution in [0.1, 0.15) is 16.9 Å². The molecule has 3 N–H and O–H groups in total. The maximum absolute atomic E-state index is 13.4. The van der Waals surface area contributed by atoms with E-state index < -0.39 is 5.95 Å². The highest BCUT2D eigenvalue weighted by Gasteiger charge is 2.20. The zero-order valence-electron chi connectivity index (χ0n) is 16.0. The van der Waals surface area contributed by atoms with E-state index in [-0.39, 0.29) is 17.5 Å². The number of thiazole rings is 1. The summed E-state index contributed by atoms with van der Waals surface area (Å²) >= 11 is 1.54. The number of nitrogens with one attached hydrogen (secondary N) is 1. The summed E-state index contributed by atoms with van der Waals surface area (Å²) in [5.41, 5.74) is 9.08. The number of anilines is 1. The van der Waals surface area contributed by atoms with Gasteiger partial charge in [-0.2, -0.15) is 4.39 Å². The molecule has 29 heavy (non-hydrogen) atoms. The Bertz CT molecular complexity index is 1090. The van der Waals surface area contributed by atoms with Gasteiger partial charge in [0.25, 0.3) is 5.56 Å². The molecule has 0 saturated carbocycles. The zero-order valence-corrected chi connectivity index (χ0v) is 16.8. The summed E-state index contributed by atoms with van der Waals surface area (Å²) in [6.45, 7) is 0.550. The molecule has 8 heteroatoms. The molecule has 0 fully saturated rings. The number of aromatic nitrogens is 2. The Morgan fingerprint density at radius 1 is 1.45 bits per heavy atom. The summed E-state index contributed by atoms with van der Waals surface area (Å²) in [5, 5.41) is 4.06. The van der Waals surface area contributed by atoms with Crippen molar-refractivity contribution in [3.8, 4) is 0 Å². The van der Waals surface area contributed by atoms with E-state index in [1.54, 1.807) is 36.9 Å². The fourth-order valence-electron chi connectivity index (χ4n) is 3.34. The maximum Gasteiger partial charge on any atom is 0.250 e. The molecule has 1 aliphatic carbocycles. The molecule has 150 valence electrons. The highest BCUT2D eigenvalue weighted by molar-refractivity contribution is 7.16. The molecule has 2 atom stereocenters. The normalized spacial score (nSPS) is 19.1. The lowest BCUT2D eigenvalue weighted by atomic mass is 9.88. The third kappa shape index (κ3) is 4.60.